The monoisotopic (exact) mass is 348 g/mol. The molecule has 0 aliphatic carbocycles. The average Bonchev–Trinajstić information content (AvgIpc) is 2.71. The second-order valence-corrected chi connectivity index (χ2v) is 5.84. The van der Waals surface area contributed by atoms with Gasteiger partial charge in [-0.3, -0.25) is 0 Å². The van der Waals surface area contributed by atoms with Gasteiger partial charge in [-0.05, 0) is 34.7 Å². The van der Waals surface area contributed by atoms with Crippen LogP contribution in [0.1, 0.15) is 15.9 Å². The van der Waals surface area contributed by atoms with Gasteiger partial charge in [-0.2, -0.15) is 0 Å². The van der Waals surface area contributed by atoms with Crippen LogP contribution in [0.15, 0.2) is 72.3 Å². The number of benzene rings is 3. The molecule has 26 heavy (non-hydrogen) atoms. The number of aliphatic hydroxyl groups is 1. The van der Waals surface area contributed by atoms with Crippen molar-refractivity contribution in [1.82, 2.24) is 0 Å². The summed E-state index contributed by atoms with van der Waals surface area (Å²) < 4.78 is 10.6. The molecule has 0 unspecified atom stereocenters. The fourth-order valence-electron chi connectivity index (χ4n) is 2.69. The summed E-state index contributed by atoms with van der Waals surface area (Å²) >= 11 is 0. The number of fused-ring (bicyclic) bond motifs is 1. The molecule has 3 aromatic rings. The first-order chi connectivity index (χ1) is 12.7. The third-order valence-corrected chi connectivity index (χ3v) is 4.07. The topological polar surface area (TPSA) is 55.8 Å². The lowest BCUT2D eigenvalue weighted by atomic mass is 10.1. The van der Waals surface area contributed by atoms with E-state index in [-0.39, 0.29) is 19.2 Å². The quantitative estimate of drug-likeness (QED) is 0.682. The molecule has 0 bridgehead atoms. The van der Waals surface area contributed by atoms with Crippen molar-refractivity contribution in [3.05, 3.63) is 83.4 Å². The normalized spacial score (nSPS) is 11.4. The lowest BCUT2D eigenvalue weighted by Crippen LogP contribution is -2.05. The van der Waals surface area contributed by atoms with Crippen LogP contribution in [0, 0.1) is 0 Å². The summed E-state index contributed by atoms with van der Waals surface area (Å²) in [6, 6.07) is 20.9. The molecule has 0 aliphatic heterocycles. The first-order valence-electron chi connectivity index (χ1n) is 8.30. The average molecular weight is 348 g/mol. The highest BCUT2D eigenvalue weighted by Gasteiger charge is 2.06. The van der Waals surface area contributed by atoms with Gasteiger partial charge in [0.15, 0.2) is 0 Å². The number of rotatable bonds is 6. The Bertz CT molecular complexity index is 921. The Labute approximate surface area is 152 Å². The Morgan fingerprint density at radius 1 is 1.00 bits per heavy atom. The van der Waals surface area contributed by atoms with Gasteiger partial charge < -0.3 is 14.6 Å². The molecule has 0 aromatic heterocycles. The number of hydrogen-bond acceptors (Lipinski definition) is 4. The molecule has 0 saturated heterocycles. The van der Waals surface area contributed by atoms with Crippen molar-refractivity contribution in [2.24, 2.45) is 0 Å². The molecule has 132 valence electrons. The number of aliphatic hydroxyl groups excluding tert-OH is 1. The molecule has 0 radical (unpaired) electrons. The molecule has 0 spiro atoms. The molecular weight excluding hydrogens is 328 g/mol. The van der Waals surface area contributed by atoms with Crippen LogP contribution in [0.2, 0.25) is 0 Å². The predicted octanol–water partition coefficient (Wildman–Crippen LogP) is 4.08. The first kappa shape index (κ1) is 17.7. The molecule has 1 N–H and O–H groups in total. The van der Waals surface area contributed by atoms with Crippen LogP contribution < -0.4 is 4.74 Å². The molecule has 0 saturated carbocycles. The number of hydrogen-bond donors (Lipinski definition) is 1. The van der Waals surface area contributed by atoms with Crippen molar-refractivity contribution in [3.63, 3.8) is 0 Å². The Morgan fingerprint density at radius 3 is 2.46 bits per heavy atom. The summed E-state index contributed by atoms with van der Waals surface area (Å²) in [6.45, 7) is 0.173. The highest BCUT2D eigenvalue weighted by Crippen LogP contribution is 2.25. The molecule has 0 heterocycles. The van der Waals surface area contributed by atoms with E-state index < -0.39 is 0 Å². The van der Waals surface area contributed by atoms with Crippen molar-refractivity contribution in [1.29, 1.82) is 0 Å². The number of carbonyl (C=O) groups excluding carboxylic acids is 1. The molecule has 0 fully saturated rings. The summed E-state index contributed by atoms with van der Waals surface area (Å²) in [5, 5.41) is 11.8. The van der Waals surface area contributed by atoms with Gasteiger partial charge in [0.05, 0.1) is 19.3 Å². The van der Waals surface area contributed by atoms with Gasteiger partial charge in [0.25, 0.3) is 0 Å². The number of methoxy groups -OCH3 is 1. The van der Waals surface area contributed by atoms with E-state index in [4.69, 9.17) is 4.74 Å². The highest BCUT2D eigenvalue weighted by molar-refractivity contribution is 5.89. The molecule has 3 rings (SSSR count). The maximum absolute atomic E-state index is 11.5. The van der Waals surface area contributed by atoms with E-state index in [1.54, 1.807) is 24.3 Å². The molecule has 4 heteroatoms. The second kappa shape index (κ2) is 8.32. The van der Waals surface area contributed by atoms with Crippen LogP contribution in [-0.2, 0) is 4.74 Å². The summed E-state index contributed by atoms with van der Waals surface area (Å²) in [7, 11) is 1.35. The van der Waals surface area contributed by atoms with Gasteiger partial charge in [-0.25, -0.2) is 4.79 Å². The fraction of sp³-hybridized carbons (Fsp3) is 0.136. The Hall–Kier alpha value is -3.11. The van der Waals surface area contributed by atoms with Crippen LogP contribution >= 0.6 is 0 Å². The molecule has 3 aromatic carbocycles. The molecule has 0 amide bonds. The van der Waals surface area contributed by atoms with Crippen LogP contribution in [-0.4, -0.2) is 31.4 Å². The van der Waals surface area contributed by atoms with Crippen LogP contribution in [0.3, 0.4) is 0 Å². The van der Waals surface area contributed by atoms with Gasteiger partial charge in [0.2, 0.25) is 0 Å². The zero-order valence-electron chi connectivity index (χ0n) is 14.5. The predicted molar refractivity (Wildman–Crippen MR) is 102 cm³/mol. The van der Waals surface area contributed by atoms with E-state index in [2.05, 4.69) is 4.74 Å². The van der Waals surface area contributed by atoms with E-state index in [1.807, 2.05) is 48.5 Å². The van der Waals surface area contributed by atoms with Gasteiger partial charge in [0.1, 0.15) is 12.4 Å². The van der Waals surface area contributed by atoms with E-state index in [0.29, 0.717) is 5.56 Å². The largest absolute Gasteiger partial charge is 0.489 e. The van der Waals surface area contributed by atoms with Crippen molar-refractivity contribution in [2.75, 3.05) is 20.3 Å². The number of carbonyl (C=O) groups is 1. The second-order valence-electron chi connectivity index (χ2n) is 5.84. The van der Waals surface area contributed by atoms with Crippen molar-refractivity contribution in [3.8, 4) is 5.75 Å². The van der Waals surface area contributed by atoms with Crippen LogP contribution in [0.5, 0.6) is 5.75 Å². The van der Waals surface area contributed by atoms with Gasteiger partial charge in [0, 0.05) is 5.39 Å². The maximum atomic E-state index is 11.5. The summed E-state index contributed by atoms with van der Waals surface area (Å²) in [4.78, 5) is 11.5. The zero-order valence-corrected chi connectivity index (χ0v) is 14.5. The highest BCUT2D eigenvalue weighted by atomic mass is 16.5. The minimum absolute atomic E-state index is 0.108. The zero-order chi connectivity index (χ0) is 18.4. The molecular formula is C22H20O4. The maximum Gasteiger partial charge on any atom is 0.337 e. The Balaban J connectivity index is 1.74. The molecule has 0 aliphatic rings. The van der Waals surface area contributed by atoms with Gasteiger partial charge >= 0.3 is 5.97 Å². The minimum atomic E-state index is -0.373. The molecule has 0 atom stereocenters. The van der Waals surface area contributed by atoms with Crippen molar-refractivity contribution < 1.29 is 19.4 Å². The summed E-state index contributed by atoms with van der Waals surface area (Å²) in [6.07, 6.45) is 1.85. The van der Waals surface area contributed by atoms with E-state index >= 15 is 0 Å². The fourth-order valence-corrected chi connectivity index (χ4v) is 2.69. The third-order valence-electron chi connectivity index (χ3n) is 4.07. The molecule has 4 nitrogen and oxygen atoms in total. The van der Waals surface area contributed by atoms with E-state index in [9.17, 15) is 9.90 Å². The number of esters is 1. The van der Waals surface area contributed by atoms with Gasteiger partial charge in [-0.15, -0.1) is 0 Å². The minimum Gasteiger partial charge on any atom is -0.489 e. The Morgan fingerprint density at radius 2 is 1.73 bits per heavy atom. The Kier molecular flexibility index (Phi) is 5.66. The van der Waals surface area contributed by atoms with Crippen LogP contribution in [0.25, 0.3) is 16.8 Å². The summed E-state index contributed by atoms with van der Waals surface area (Å²) in [5.74, 6) is 0.408. The third kappa shape index (κ3) is 4.10. The van der Waals surface area contributed by atoms with Crippen LogP contribution in [0.4, 0.5) is 0 Å². The van der Waals surface area contributed by atoms with Crippen molar-refractivity contribution in [2.45, 2.75) is 0 Å². The smallest absolute Gasteiger partial charge is 0.337 e. The van der Waals surface area contributed by atoms with Gasteiger partial charge in [-0.1, -0.05) is 54.6 Å². The van der Waals surface area contributed by atoms with E-state index in [1.165, 1.54) is 7.11 Å². The SMILES string of the molecule is COC(=O)c1ccc(/C=C(/CO)COc2cccc3ccccc23)cc1. The lowest BCUT2D eigenvalue weighted by molar-refractivity contribution is 0.0600. The number of ether oxygens (including phenoxy) is 2. The lowest BCUT2D eigenvalue weighted by Gasteiger charge is -2.11. The van der Waals surface area contributed by atoms with Crippen molar-refractivity contribution >= 4 is 22.8 Å². The standard InChI is InChI=1S/C22H20O4/c1-25-22(24)19-11-9-16(10-12-19)13-17(14-23)15-26-21-8-4-6-18-5-2-3-7-20(18)21/h2-13,23H,14-15H2,1H3/b17-13-. The summed E-state index contributed by atoms with van der Waals surface area (Å²) in [5.41, 5.74) is 2.11. The van der Waals surface area contributed by atoms with E-state index in [0.717, 1.165) is 27.7 Å². The first-order valence-corrected chi connectivity index (χ1v) is 8.30.